The number of carbonyl (C=O) groups excluding carboxylic acids is 1. The monoisotopic (exact) mass is 480 g/mol. The Morgan fingerprint density at radius 1 is 0.853 bits per heavy atom. The summed E-state index contributed by atoms with van der Waals surface area (Å²) in [5.41, 5.74) is 4.29. The third kappa shape index (κ3) is 6.38. The zero-order chi connectivity index (χ0) is 25.1. The molecule has 0 aliphatic heterocycles. The third-order valence-electron chi connectivity index (χ3n) is 5.59. The molecule has 1 atom stereocenters. The second-order valence-electron chi connectivity index (χ2n) is 9.45. The van der Waals surface area contributed by atoms with Crippen LogP contribution in [0.25, 0.3) is 0 Å². The fraction of sp³-hybridized carbons (Fsp3) is 0.296. The number of carbonyl (C=O) groups is 1. The first-order valence-electron chi connectivity index (χ1n) is 11.1. The van der Waals surface area contributed by atoms with E-state index in [1.807, 2.05) is 44.2 Å². The van der Waals surface area contributed by atoms with E-state index in [0.29, 0.717) is 17.1 Å². The Morgan fingerprint density at radius 2 is 1.44 bits per heavy atom. The van der Waals surface area contributed by atoms with E-state index in [2.05, 4.69) is 30.8 Å². The fourth-order valence-electron chi connectivity index (χ4n) is 3.27. The smallest absolute Gasteiger partial charge is 0.265 e. The van der Waals surface area contributed by atoms with Gasteiger partial charge in [-0.15, -0.1) is 0 Å². The number of benzene rings is 3. The molecule has 3 aromatic carbocycles. The largest absolute Gasteiger partial charge is 0.481 e. The number of nitrogens with one attached hydrogen (secondary N) is 2. The van der Waals surface area contributed by atoms with E-state index in [0.717, 1.165) is 11.1 Å². The molecule has 2 N–H and O–H groups in total. The number of hydrogen-bond acceptors (Lipinski definition) is 4. The highest BCUT2D eigenvalue weighted by atomic mass is 32.2. The van der Waals surface area contributed by atoms with Gasteiger partial charge in [0.2, 0.25) is 0 Å². The number of anilines is 2. The minimum Gasteiger partial charge on any atom is -0.481 e. The van der Waals surface area contributed by atoms with Crippen LogP contribution in [0, 0.1) is 13.8 Å². The van der Waals surface area contributed by atoms with E-state index in [1.165, 1.54) is 17.7 Å². The number of rotatable bonds is 7. The van der Waals surface area contributed by atoms with Crippen molar-refractivity contribution in [3.63, 3.8) is 0 Å². The zero-order valence-corrected chi connectivity index (χ0v) is 21.3. The lowest BCUT2D eigenvalue weighted by molar-refractivity contribution is -0.122. The highest BCUT2D eigenvalue weighted by molar-refractivity contribution is 7.92. The van der Waals surface area contributed by atoms with Gasteiger partial charge in [-0.2, -0.15) is 0 Å². The van der Waals surface area contributed by atoms with Crippen molar-refractivity contribution in [2.75, 3.05) is 10.0 Å². The van der Waals surface area contributed by atoms with Gasteiger partial charge in [0.25, 0.3) is 15.9 Å². The van der Waals surface area contributed by atoms with Crippen LogP contribution in [-0.2, 0) is 20.2 Å². The molecule has 7 heteroatoms. The molecule has 0 aliphatic rings. The molecule has 0 saturated heterocycles. The Kier molecular flexibility index (Phi) is 7.36. The summed E-state index contributed by atoms with van der Waals surface area (Å²) >= 11 is 0. The van der Waals surface area contributed by atoms with Gasteiger partial charge in [0.1, 0.15) is 5.75 Å². The molecule has 0 fully saturated rings. The molecule has 0 heterocycles. The van der Waals surface area contributed by atoms with Gasteiger partial charge in [-0.25, -0.2) is 8.42 Å². The van der Waals surface area contributed by atoms with E-state index >= 15 is 0 Å². The van der Waals surface area contributed by atoms with Crippen molar-refractivity contribution in [3.05, 3.63) is 83.4 Å². The van der Waals surface area contributed by atoms with Crippen molar-refractivity contribution in [3.8, 4) is 5.75 Å². The van der Waals surface area contributed by atoms with Crippen LogP contribution >= 0.6 is 0 Å². The van der Waals surface area contributed by atoms with E-state index in [4.69, 9.17) is 4.74 Å². The number of ether oxygens (including phenoxy) is 1. The molecule has 3 aromatic rings. The number of sulfonamides is 1. The maximum atomic E-state index is 12.7. The minimum atomic E-state index is -3.75. The van der Waals surface area contributed by atoms with Gasteiger partial charge < -0.3 is 10.1 Å². The minimum absolute atomic E-state index is 0.0375. The van der Waals surface area contributed by atoms with Crippen LogP contribution in [0.4, 0.5) is 11.4 Å². The van der Waals surface area contributed by atoms with Gasteiger partial charge in [-0.3, -0.25) is 9.52 Å². The maximum Gasteiger partial charge on any atom is 0.265 e. The van der Waals surface area contributed by atoms with Crippen LogP contribution in [0.15, 0.2) is 71.6 Å². The van der Waals surface area contributed by atoms with Crippen molar-refractivity contribution in [1.29, 1.82) is 0 Å². The Bertz CT molecular complexity index is 1260. The SMILES string of the molecule is Cc1ccc(NS(=O)(=O)c2ccc(NC(=O)C(C)Oc3ccc(C(C)(C)C)cc3)cc2)cc1C. The van der Waals surface area contributed by atoms with Crippen molar-refractivity contribution in [2.24, 2.45) is 0 Å². The normalized spacial score (nSPS) is 12.6. The van der Waals surface area contributed by atoms with Crippen LogP contribution in [0.5, 0.6) is 5.75 Å². The van der Waals surface area contributed by atoms with Crippen molar-refractivity contribution in [2.45, 2.75) is 58.0 Å². The third-order valence-corrected chi connectivity index (χ3v) is 6.99. The summed E-state index contributed by atoms with van der Waals surface area (Å²) in [5.74, 6) is 0.276. The molecule has 0 spiro atoms. The number of hydrogen-bond donors (Lipinski definition) is 2. The second-order valence-corrected chi connectivity index (χ2v) is 11.1. The Hall–Kier alpha value is -3.32. The number of amides is 1. The molecule has 34 heavy (non-hydrogen) atoms. The zero-order valence-electron chi connectivity index (χ0n) is 20.5. The Balaban J connectivity index is 1.61. The molecule has 0 saturated carbocycles. The van der Waals surface area contributed by atoms with E-state index < -0.39 is 16.1 Å². The van der Waals surface area contributed by atoms with Gasteiger partial charge in [0, 0.05) is 11.4 Å². The van der Waals surface area contributed by atoms with Crippen LogP contribution in [0.3, 0.4) is 0 Å². The summed E-state index contributed by atoms with van der Waals surface area (Å²) in [5, 5.41) is 2.76. The molecule has 0 bridgehead atoms. The molecule has 1 amide bonds. The van der Waals surface area contributed by atoms with Gasteiger partial charge in [0.15, 0.2) is 6.10 Å². The molecule has 1 unspecified atom stereocenters. The molecule has 6 nitrogen and oxygen atoms in total. The van der Waals surface area contributed by atoms with Gasteiger partial charge in [-0.1, -0.05) is 39.0 Å². The van der Waals surface area contributed by atoms with Gasteiger partial charge in [0.05, 0.1) is 4.90 Å². The van der Waals surface area contributed by atoms with Crippen molar-refractivity contribution in [1.82, 2.24) is 0 Å². The van der Waals surface area contributed by atoms with E-state index in [9.17, 15) is 13.2 Å². The lowest BCUT2D eigenvalue weighted by Gasteiger charge is -2.20. The Labute approximate surface area is 202 Å². The molecule has 180 valence electrons. The van der Waals surface area contributed by atoms with Crippen LogP contribution < -0.4 is 14.8 Å². The van der Waals surface area contributed by atoms with Crippen molar-refractivity contribution >= 4 is 27.3 Å². The van der Waals surface area contributed by atoms with Crippen LogP contribution in [0.1, 0.15) is 44.4 Å². The summed E-state index contributed by atoms with van der Waals surface area (Å²) in [6.45, 7) is 12.0. The summed E-state index contributed by atoms with van der Waals surface area (Å²) in [6.07, 6.45) is -0.727. The van der Waals surface area contributed by atoms with Crippen LogP contribution in [-0.4, -0.2) is 20.4 Å². The quantitative estimate of drug-likeness (QED) is 0.447. The number of aryl methyl sites for hydroxylation is 2. The molecule has 0 radical (unpaired) electrons. The van der Waals surface area contributed by atoms with Gasteiger partial charge in [-0.05, 0) is 91.4 Å². The summed E-state index contributed by atoms with van der Waals surface area (Å²) in [4.78, 5) is 12.7. The highest BCUT2D eigenvalue weighted by Gasteiger charge is 2.18. The predicted molar refractivity (Wildman–Crippen MR) is 137 cm³/mol. The first-order chi connectivity index (χ1) is 15.8. The second kappa shape index (κ2) is 9.89. The maximum absolute atomic E-state index is 12.7. The molecule has 3 rings (SSSR count). The fourth-order valence-corrected chi connectivity index (χ4v) is 4.32. The average molecular weight is 481 g/mol. The topological polar surface area (TPSA) is 84.5 Å². The molecular weight excluding hydrogens is 448 g/mol. The van der Waals surface area contributed by atoms with Crippen LogP contribution in [0.2, 0.25) is 0 Å². The first-order valence-corrected chi connectivity index (χ1v) is 12.6. The molecular formula is C27H32N2O4S. The average Bonchev–Trinajstić information content (AvgIpc) is 2.76. The summed E-state index contributed by atoms with van der Waals surface area (Å²) in [7, 11) is -3.75. The molecule has 0 aliphatic carbocycles. The van der Waals surface area contributed by atoms with Crippen molar-refractivity contribution < 1.29 is 17.9 Å². The summed E-state index contributed by atoms with van der Waals surface area (Å²) < 4.78 is 33.8. The van der Waals surface area contributed by atoms with E-state index in [1.54, 1.807) is 31.2 Å². The standard InChI is InChI=1S/C27H32N2O4S/c1-18-7-10-23(17-19(18)2)29-34(31,32)25-15-11-22(12-16-25)28-26(30)20(3)33-24-13-8-21(9-14-24)27(4,5)6/h7-17,20,29H,1-6H3,(H,28,30). The summed E-state index contributed by atoms with van der Waals surface area (Å²) in [6, 6.07) is 19.1. The lowest BCUT2D eigenvalue weighted by Crippen LogP contribution is -2.30. The Morgan fingerprint density at radius 3 is 2.00 bits per heavy atom. The molecule has 0 aromatic heterocycles. The lowest BCUT2D eigenvalue weighted by atomic mass is 9.87. The van der Waals surface area contributed by atoms with Gasteiger partial charge >= 0.3 is 0 Å². The highest BCUT2D eigenvalue weighted by Crippen LogP contribution is 2.25. The first kappa shape index (κ1) is 25.3. The van der Waals surface area contributed by atoms with E-state index in [-0.39, 0.29) is 16.2 Å². The predicted octanol–water partition coefficient (Wildman–Crippen LogP) is 5.81.